The maximum Gasteiger partial charge on any atom is 0.255 e. The third-order valence-corrected chi connectivity index (χ3v) is 3.52. The molecule has 21 heavy (non-hydrogen) atoms. The number of amides is 1. The third-order valence-electron chi connectivity index (χ3n) is 2.73. The minimum absolute atomic E-state index is 0.249. The van der Waals surface area contributed by atoms with Crippen molar-refractivity contribution in [2.24, 2.45) is 0 Å². The van der Waals surface area contributed by atoms with Crippen molar-refractivity contribution < 1.29 is 9.53 Å². The predicted octanol–water partition coefficient (Wildman–Crippen LogP) is 4.49. The van der Waals surface area contributed by atoms with Crippen LogP contribution < -0.4 is 15.8 Å². The minimum Gasteiger partial charge on any atom is -0.494 e. The van der Waals surface area contributed by atoms with Crippen molar-refractivity contribution in [1.82, 2.24) is 0 Å². The number of methoxy groups -OCH3 is 1. The molecule has 0 saturated heterocycles. The number of carbonyl (C=O) groups excluding carboxylic acids is 1. The van der Waals surface area contributed by atoms with Crippen molar-refractivity contribution in [3.05, 3.63) is 51.0 Å². The van der Waals surface area contributed by atoms with Crippen LogP contribution in [0.3, 0.4) is 0 Å². The Morgan fingerprint density at radius 1 is 1.14 bits per heavy atom. The van der Waals surface area contributed by atoms with E-state index in [1.165, 1.54) is 19.2 Å². The fourth-order valence-electron chi connectivity index (χ4n) is 1.73. The van der Waals surface area contributed by atoms with Crippen molar-refractivity contribution in [3.63, 3.8) is 0 Å². The SMILES string of the molecule is COc1c(Cl)cc(C(=O)Nc2ccc(Cl)cc2N)cc1Cl. The van der Waals surface area contributed by atoms with E-state index >= 15 is 0 Å². The Labute approximate surface area is 136 Å². The van der Waals surface area contributed by atoms with E-state index < -0.39 is 5.91 Å². The van der Waals surface area contributed by atoms with Gasteiger partial charge in [-0.15, -0.1) is 0 Å². The van der Waals surface area contributed by atoms with E-state index in [-0.39, 0.29) is 10.0 Å². The Kier molecular flexibility index (Phi) is 4.83. The van der Waals surface area contributed by atoms with E-state index in [0.29, 0.717) is 27.7 Å². The number of halogens is 3. The van der Waals surface area contributed by atoms with Crippen molar-refractivity contribution in [2.75, 3.05) is 18.2 Å². The molecule has 1 amide bonds. The van der Waals surface area contributed by atoms with Crippen LogP contribution in [0.5, 0.6) is 5.75 Å². The van der Waals surface area contributed by atoms with E-state index in [2.05, 4.69) is 5.32 Å². The van der Waals surface area contributed by atoms with Crippen LogP contribution in [0.15, 0.2) is 30.3 Å². The average Bonchev–Trinajstić information content (AvgIpc) is 2.41. The Morgan fingerprint density at radius 2 is 1.76 bits per heavy atom. The topological polar surface area (TPSA) is 64.3 Å². The lowest BCUT2D eigenvalue weighted by molar-refractivity contribution is 0.102. The summed E-state index contributed by atoms with van der Waals surface area (Å²) in [6.45, 7) is 0. The molecule has 0 radical (unpaired) electrons. The standard InChI is InChI=1S/C14H11Cl3N2O2/c1-21-13-9(16)4-7(5-10(13)17)14(20)19-12-3-2-8(15)6-11(12)18/h2-6H,18H2,1H3,(H,19,20). The number of rotatable bonds is 3. The predicted molar refractivity (Wildman–Crippen MR) is 86.8 cm³/mol. The van der Waals surface area contributed by atoms with Crippen LogP contribution in [-0.2, 0) is 0 Å². The number of ether oxygens (including phenoxy) is 1. The van der Waals surface area contributed by atoms with E-state index in [9.17, 15) is 4.79 Å². The molecule has 7 heteroatoms. The zero-order chi connectivity index (χ0) is 15.6. The fraction of sp³-hybridized carbons (Fsp3) is 0.0714. The van der Waals surface area contributed by atoms with E-state index in [1.54, 1.807) is 18.2 Å². The van der Waals surface area contributed by atoms with Gasteiger partial charge in [0.25, 0.3) is 5.91 Å². The van der Waals surface area contributed by atoms with Gasteiger partial charge >= 0.3 is 0 Å². The van der Waals surface area contributed by atoms with Gasteiger partial charge in [-0.2, -0.15) is 0 Å². The Morgan fingerprint density at radius 3 is 2.29 bits per heavy atom. The molecule has 4 nitrogen and oxygen atoms in total. The molecule has 0 atom stereocenters. The first-order valence-corrected chi connectivity index (χ1v) is 6.95. The van der Waals surface area contributed by atoms with E-state index in [4.69, 9.17) is 45.3 Å². The van der Waals surface area contributed by atoms with Gasteiger partial charge < -0.3 is 15.8 Å². The molecule has 0 unspecified atom stereocenters. The van der Waals surface area contributed by atoms with E-state index in [0.717, 1.165) is 0 Å². The number of nitrogens with one attached hydrogen (secondary N) is 1. The highest BCUT2D eigenvalue weighted by Gasteiger charge is 2.14. The number of carbonyl (C=O) groups is 1. The normalized spacial score (nSPS) is 10.3. The molecule has 2 aromatic carbocycles. The molecular formula is C14H11Cl3N2O2. The second-order valence-corrected chi connectivity index (χ2v) is 5.41. The third kappa shape index (κ3) is 3.53. The van der Waals surface area contributed by atoms with Crippen molar-refractivity contribution in [2.45, 2.75) is 0 Å². The minimum atomic E-state index is -0.393. The molecule has 0 aliphatic heterocycles. The molecule has 0 fully saturated rings. The number of benzene rings is 2. The lowest BCUT2D eigenvalue weighted by Gasteiger charge is -2.11. The van der Waals surface area contributed by atoms with Gasteiger partial charge in [0.05, 0.1) is 28.5 Å². The van der Waals surface area contributed by atoms with Crippen LogP contribution in [-0.4, -0.2) is 13.0 Å². The molecule has 2 aromatic rings. The molecular weight excluding hydrogens is 335 g/mol. The Bertz CT molecular complexity index is 682. The van der Waals surface area contributed by atoms with Crippen LogP contribution in [0.4, 0.5) is 11.4 Å². The van der Waals surface area contributed by atoms with Crippen LogP contribution in [0, 0.1) is 0 Å². The Hall–Kier alpha value is -1.62. The highest BCUT2D eigenvalue weighted by molar-refractivity contribution is 6.37. The first kappa shape index (κ1) is 15.8. The van der Waals surface area contributed by atoms with Crippen LogP contribution in [0.1, 0.15) is 10.4 Å². The van der Waals surface area contributed by atoms with Gasteiger partial charge in [-0.25, -0.2) is 0 Å². The van der Waals surface area contributed by atoms with Gasteiger partial charge in [-0.3, -0.25) is 4.79 Å². The summed E-state index contributed by atoms with van der Waals surface area (Å²) < 4.78 is 5.03. The lowest BCUT2D eigenvalue weighted by Crippen LogP contribution is -2.13. The summed E-state index contributed by atoms with van der Waals surface area (Å²) in [7, 11) is 1.45. The second-order valence-electron chi connectivity index (χ2n) is 4.16. The van der Waals surface area contributed by atoms with Crippen molar-refractivity contribution >= 4 is 52.1 Å². The van der Waals surface area contributed by atoms with Gasteiger partial charge in [0.15, 0.2) is 5.75 Å². The van der Waals surface area contributed by atoms with Crippen LogP contribution in [0.25, 0.3) is 0 Å². The summed E-state index contributed by atoms with van der Waals surface area (Å²) in [5.74, 6) is -0.0728. The van der Waals surface area contributed by atoms with Crippen LogP contribution in [0.2, 0.25) is 15.1 Å². The van der Waals surface area contributed by atoms with Gasteiger partial charge in [0.1, 0.15) is 0 Å². The summed E-state index contributed by atoms with van der Waals surface area (Å²) >= 11 is 17.8. The zero-order valence-electron chi connectivity index (χ0n) is 10.9. The van der Waals surface area contributed by atoms with Gasteiger partial charge in [0, 0.05) is 10.6 Å². The summed E-state index contributed by atoms with van der Waals surface area (Å²) in [6.07, 6.45) is 0. The van der Waals surface area contributed by atoms with Crippen molar-refractivity contribution in [3.8, 4) is 5.75 Å². The molecule has 3 N–H and O–H groups in total. The van der Waals surface area contributed by atoms with Gasteiger partial charge in [-0.05, 0) is 30.3 Å². The van der Waals surface area contributed by atoms with Gasteiger partial charge in [0.2, 0.25) is 0 Å². The largest absolute Gasteiger partial charge is 0.494 e. The maximum absolute atomic E-state index is 12.2. The smallest absolute Gasteiger partial charge is 0.255 e. The quantitative estimate of drug-likeness (QED) is 0.806. The average molecular weight is 346 g/mol. The number of nitrogen functional groups attached to an aromatic ring is 1. The number of nitrogens with two attached hydrogens (primary N) is 1. The fourth-order valence-corrected chi connectivity index (χ4v) is 2.55. The molecule has 0 bridgehead atoms. The molecule has 0 saturated carbocycles. The molecule has 0 aliphatic carbocycles. The maximum atomic E-state index is 12.2. The summed E-state index contributed by atoms with van der Waals surface area (Å²) in [6, 6.07) is 7.72. The second kappa shape index (κ2) is 6.43. The van der Waals surface area contributed by atoms with Gasteiger partial charge in [-0.1, -0.05) is 34.8 Å². The summed E-state index contributed by atoms with van der Waals surface area (Å²) in [4.78, 5) is 12.2. The highest BCUT2D eigenvalue weighted by atomic mass is 35.5. The number of hydrogen-bond acceptors (Lipinski definition) is 3. The van der Waals surface area contributed by atoms with Crippen LogP contribution >= 0.6 is 34.8 Å². The molecule has 2 rings (SSSR count). The molecule has 0 spiro atoms. The molecule has 0 aromatic heterocycles. The first-order valence-electron chi connectivity index (χ1n) is 5.81. The molecule has 0 heterocycles. The molecule has 0 aliphatic rings. The zero-order valence-corrected chi connectivity index (χ0v) is 13.2. The summed E-state index contributed by atoms with van der Waals surface area (Å²) in [5.41, 5.74) is 6.89. The first-order chi connectivity index (χ1) is 9.92. The molecule has 110 valence electrons. The number of hydrogen-bond donors (Lipinski definition) is 2. The Balaban J connectivity index is 2.28. The highest BCUT2D eigenvalue weighted by Crippen LogP contribution is 2.34. The van der Waals surface area contributed by atoms with Crippen molar-refractivity contribution in [1.29, 1.82) is 0 Å². The summed E-state index contributed by atoms with van der Waals surface area (Å²) in [5, 5.41) is 3.65. The van der Waals surface area contributed by atoms with E-state index in [1.807, 2.05) is 0 Å². The monoisotopic (exact) mass is 344 g/mol. The number of anilines is 2. The lowest BCUT2D eigenvalue weighted by atomic mass is 10.2.